The second kappa shape index (κ2) is 10.4. The Morgan fingerprint density at radius 2 is 2.00 bits per heavy atom. The molecule has 6 N–H and O–H groups in total. The number of benzene rings is 1. The van der Waals surface area contributed by atoms with Crippen LogP contribution in [0.15, 0.2) is 42.5 Å². The summed E-state index contributed by atoms with van der Waals surface area (Å²) in [5.74, 6) is 0.412. The molecular formula is C27H32N6O2S. The number of nitrogen functional groups attached to an aromatic ring is 1. The van der Waals surface area contributed by atoms with E-state index in [1.165, 1.54) is 11.3 Å². The number of hydrogen-bond acceptors (Lipinski definition) is 8. The highest BCUT2D eigenvalue weighted by molar-refractivity contribution is 7.21. The third-order valence-corrected chi connectivity index (χ3v) is 8.00. The highest BCUT2D eigenvalue weighted by Gasteiger charge is 2.24. The zero-order chi connectivity index (χ0) is 25.2. The summed E-state index contributed by atoms with van der Waals surface area (Å²) in [7, 11) is 0. The fourth-order valence-corrected chi connectivity index (χ4v) is 5.95. The number of nitrogens with two attached hydrogens (primary N) is 2. The number of rotatable bonds is 8. The molecule has 4 heterocycles. The van der Waals surface area contributed by atoms with Gasteiger partial charge in [-0.05, 0) is 43.0 Å². The number of thiophene rings is 1. The van der Waals surface area contributed by atoms with Crippen LogP contribution in [0.2, 0.25) is 0 Å². The second-order valence-electron chi connectivity index (χ2n) is 9.39. The monoisotopic (exact) mass is 504 g/mol. The van der Waals surface area contributed by atoms with E-state index in [4.69, 9.17) is 16.5 Å². The molecule has 188 valence electrons. The molecule has 36 heavy (non-hydrogen) atoms. The van der Waals surface area contributed by atoms with Crippen LogP contribution in [0, 0.1) is 0 Å². The van der Waals surface area contributed by atoms with Crippen molar-refractivity contribution in [2.24, 2.45) is 5.73 Å². The van der Waals surface area contributed by atoms with Crippen molar-refractivity contribution >= 4 is 49.9 Å². The van der Waals surface area contributed by atoms with Gasteiger partial charge in [0.2, 0.25) is 0 Å². The number of anilines is 2. The second-order valence-corrected chi connectivity index (χ2v) is 10.4. The van der Waals surface area contributed by atoms with Crippen LogP contribution in [-0.2, 0) is 6.42 Å². The molecule has 0 radical (unpaired) electrons. The number of pyridine rings is 2. The van der Waals surface area contributed by atoms with Gasteiger partial charge in [0.05, 0.1) is 16.9 Å². The van der Waals surface area contributed by atoms with Crippen molar-refractivity contribution < 1.29 is 9.90 Å². The van der Waals surface area contributed by atoms with Crippen molar-refractivity contribution in [3.05, 3.63) is 58.6 Å². The predicted octanol–water partition coefficient (Wildman–Crippen LogP) is 3.77. The minimum absolute atomic E-state index is 0.314. The van der Waals surface area contributed by atoms with Gasteiger partial charge in [-0.1, -0.05) is 37.6 Å². The Balaban J connectivity index is 1.23. The number of aliphatic hydroxyl groups excluding tert-OH is 1. The maximum absolute atomic E-state index is 11.8. The molecule has 1 fully saturated rings. The molecule has 1 amide bonds. The lowest BCUT2D eigenvalue weighted by Gasteiger charge is -2.34. The van der Waals surface area contributed by atoms with E-state index in [1.807, 2.05) is 36.4 Å². The van der Waals surface area contributed by atoms with Crippen molar-refractivity contribution in [1.82, 2.24) is 15.3 Å². The van der Waals surface area contributed by atoms with Gasteiger partial charge in [0.25, 0.3) is 5.91 Å². The SMILES string of the molecule is CCCc1cc(N2CCC(NCC(O)c3ccc4ccccc4n3)CC2)nc2sc(C(N)=O)c(N)c12. The van der Waals surface area contributed by atoms with Crippen LogP contribution in [0.5, 0.6) is 0 Å². The Morgan fingerprint density at radius 3 is 2.75 bits per heavy atom. The minimum atomic E-state index is -0.656. The van der Waals surface area contributed by atoms with Crippen LogP contribution in [0.25, 0.3) is 21.1 Å². The smallest absolute Gasteiger partial charge is 0.260 e. The number of carbonyl (C=O) groups is 1. The number of aromatic nitrogens is 2. The molecule has 4 aromatic rings. The Labute approximate surface area is 214 Å². The van der Waals surface area contributed by atoms with Crippen molar-refractivity contribution in [3.8, 4) is 0 Å². The van der Waals surface area contributed by atoms with Crippen molar-refractivity contribution in [1.29, 1.82) is 0 Å². The first kappa shape index (κ1) is 24.4. The molecule has 0 bridgehead atoms. The number of carbonyl (C=O) groups excluding carboxylic acids is 1. The minimum Gasteiger partial charge on any atom is -0.397 e. The summed E-state index contributed by atoms with van der Waals surface area (Å²) >= 11 is 1.28. The molecule has 5 rings (SSSR count). The Bertz CT molecular complexity index is 1400. The number of primary amides is 1. The number of piperidine rings is 1. The van der Waals surface area contributed by atoms with E-state index in [0.717, 1.165) is 71.3 Å². The number of hydrogen-bond donors (Lipinski definition) is 4. The summed E-state index contributed by atoms with van der Waals surface area (Å²) in [5, 5.41) is 16.2. The molecule has 0 spiro atoms. The van der Waals surface area contributed by atoms with Crippen LogP contribution < -0.4 is 21.7 Å². The summed E-state index contributed by atoms with van der Waals surface area (Å²) in [6.07, 6.45) is 3.07. The van der Waals surface area contributed by atoms with E-state index in [9.17, 15) is 9.90 Å². The van der Waals surface area contributed by atoms with E-state index < -0.39 is 12.0 Å². The predicted molar refractivity (Wildman–Crippen MR) is 146 cm³/mol. The molecular weight excluding hydrogens is 472 g/mol. The molecule has 0 saturated carbocycles. The van der Waals surface area contributed by atoms with Crippen molar-refractivity contribution in [2.45, 2.75) is 44.8 Å². The lowest BCUT2D eigenvalue weighted by molar-refractivity contribution is 0.100. The van der Waals surface area contributed by atoms with Crippen LogP contribution in [0.1, 0.15) is 53.2 Å². The van der Waals surface area contributed by atoms with E-state index in [1.54, 1.807) is 0 Å². The van der Waals surface area contributed by atoms with Crippen molar-refractivity contribution in [2.75, 3.05) is 30.3 Å². The molecule has 0 aliphatic carbocycles. The topological polar surface area (TPSA) is 130 Å². The first-order valence-electron chi connectivity index (χ1n) is 12.5. The zero-order valence-corrected chi connectivity index (χ0v) is 21.2. The van der Waals surface area contributed by atoms with E-state index in [2.05, 4.69) is 28.2 Å². The van der Waals surface area contributed by atoms with Crippen LogP contribution in [0.4, 0.5) is 11.5 Å². The third-order valence-electron chi connectivity index (χ3n) is 6.89. The average molecular weight is 505 g/mol. The summed E-state index contributed by atoms with van der Waals surface area (Å²) in [4.78, 5) is 24.7. The van der Waals surface area contributed by atoms with Gasteiger partial charge in [-0.2, -0.15) is 0 Å². The summed E-state index contributed by atoms with van der Waals surface area (Å²) in [6, 6.07) is 14.3. The normalized spacial score (nSPS) is 15.6. The van der Waals surface area contributed by atoms with Gasteiger partial charge in [0, 0.05) is 36.4 Å². The van der Waals surface area contributed by atoms with Gasteiger partial charge in [-0.3, -0.25) is 9.78 Å². The molecule has 8 nitrogen and oxygen atoms in total. The van der Waals surface area contributed by atoms with E-state index >= 15 is 0 Å². The van der Waals surface area contributed by atoms with Gasteiger partial charge in [-0.25, -0.2) is 4.98 Å². The number of nitrogens with one attached hydrogen (secondary N) is 1. The third kappa shape index (κ3) is 4.86. The van der Waals surface area contributed by atoms with Crippen LogP contribution in [0.3, 0.4) is 0 Å². The molecule has 9 heteroatoms. The number of nitrogens with zero attached hydrogens (tertiary/aromatic N) is 3. The molecule has 1 aromatic carbocycles. The highest BCUT2D eigenvalue weighted by atomic mass is 32.1. The zero-order valence-electron chi connectivity index (χ0n) is 20.4. The Kier molecular flexibility index (Phi) is 7.04. The molecule has 1 saturated heterocycles. The molecule has 1 atom stereocenters. The fraction of sp³-hybridized carbons (Fsp3) is 0.370. The quantitative estimate of drug-likeness (QED) is 0.287. The van der Waals surface area contributed by atoms with Crippen LogP contribution in [-0.4, -0.2) is 46.7 Å². The highest BCUT2D eigenvalue weighted by Crippen LogP contribution is 2.37. The standard InChI is InChI=1S/C27H32N6O2S/c1-2-5-17-14-22(32-27-23(17)24(28)25(36-27)26(29)35)33-12-10-18(11-13-33)30-15-21(34)20-9-8-16-6-3-4-7-19(16)31-20/h3-4,6-9,14,18,21,30,34H,2,5,10-13,15,28H2,1H3,(H2,29,35). The number of aliphatic hydroxyl groups is 1. The maximum Gasteiger partial charge on any atom is 0.260 e. The average Bonchev–Trinajstić information content (AvgIpc) is 3.24. The molecule has 1 unspecified atom stereocenters. The molecule has 3 aromatic heterocycles. The Hall–Kier alpha value is -3.27. The van der Waals surface area contributed by atoms with Gasteiger partial charge < -0.3 is 26.8 Å². The fourth-order valence-electron chi connectivity index (χ4n) is 4.96. The number of fused-ring (bicyclic) bond motifs is 2. The summed E-state index contributed by atoms with van der Waals surface area (Å²) in [5.41, 5.74) is 14.9. The maximum atomic E-state index is 11.8. The summed E-state index contributed by atoms with van der Waals surface area (Å²) in [6.45, 7) is 4.30. The first-order chi connectivity index (χ1) is 17.4. The van der Waals surface area contributed by atoms with Gasteiger partial charge >= 0.3 is 0 Å². The number of amides is 1. The largest absolute Gasteiger partial charge is 0.397 e. The number of para-hydroxylation sites is 1. The molecule has 1 aliphatic heterocycles. The van der Waals surface area contributed by atoms with E-state index in [0.29, 0.717) is 28.8 Å². The van der Waals surface area contributed by atoms with Gasteiger partial charge in [-0.15, -0.1) is 11.3 Å². The van der Waals surface area contributed by atoms with E-state index in [-0.39, 0.29) is 0 Å². The van der Waals surface area contributed by atoms with Gasteiger partial charge in [0.1, 0.15) is 21.6 Å². The lowest BCUT2D eigenvalue weighted by atomic mass is 10.0. The lowest BCUT2D eigenvalue weighted by Crippen LogP contribution is -2.44. The van der Waals surface area contributed by atoms with Crippen LogP contribution >= 0.6 is 11.3 Å². The first-order valence-corrected chi connectivity index (χ1v) is 13.3. The van der Waals surface area contributed by atoms with Gasteiger partial charge in [0.15, 0.2) is 0 Å². The number of aryl methyl sites for hydroxylation is 1. The summed E-state index contributed by atoms with van der Waals surface area (Å²) < 4.78 is 0. The Morgan fingerprint density at radius 1 is 1.22 bits per heavy atom. The van der Waals surface area contributed by atoms with Crippen molar-refractivity contribution in [3.63, 3.8) is 0 Å². The molecule has 1 aliphatic rings.